The SMILES string of the molecule is CN(C)C(=O)[C@@H]1CN(S(=O)(=O)c2cccnc2)CCN1C. The molecule has 1 amide bonds. The van der Waals surface area contributed by atoms with E-state index in [9.17, 15) is 13.2 Å². The van der Waals surface area contributed by atoms with Crippen molar-refractivity contribution < 1.29 is 13.2 Å². The normalized spacial score (nSPS) is 21.2. The number of carbonyl (C=O) groups is 1. The minimum Gasteiger partial charge on any atom is -0.347 e. The van der Waals surface area contributed by atoms with Crippen molar-refractivity contribution in [2.24, 2.45) is 0 Å². The lowest BCUT2D eigenvalue weighted by Gasteiger charge is -2.38. The molecule has 2 rings (SSSR count). The molecule has 1 saturated heterocycles. The number of sulfonamides is 1. The van der Waals surface area contributed by atoms with Gasteiger partial charge in [-0.25, -0.2) is 8.42 Å². The molecule has 1 aliphatic heterocycles. The first kappa shape index (κ1) is 15.9. The molecule has 0 aromatic carbocycles. The van der Waals surface area contributed by atoms with Gasteiger partial charge in [-0.05, 0) is 19.2 Å². The van der Waals surface area contributed by atoms with E-state index in [1.807, 2.05) is 11.9 Å². The Morgan fingerprint density at radius 1 is 1.38 bits per heavy atom. The lowest BCUT2D eigenvalue weighted by atomic mass is 10.2. The van der Waals surface area contributed by atoms with Crippen molar-refractivity contribution in [1.82, 2.24) is 19.1 Å². The summed E-state index contributed by atoms with van der Waals surface area (Å²) in [5.41, 5.74) is 0. The standard InChI is InChI=1S/C13H20N4O3S/c1-15(2)13(18)12-10-17(8-7-16(12)3)21(19,20)11-5-4-6-14-9-11/h4-6,9,12H,7-8,10H2,1-3H3/t12-/m0/s1. The van der Waals surface area contributed by atoms with E-state index in [4.69, 9.17) is 0 Å². The highest BCUT2D eigenvalue weighted by atomic mass is 32.2. The molecule has 0 radical (unpaired) electrons. The third-order valence-corrected chi connectivity index (χ3v) is 5.46. The molecule has 21 heavy (non-hydrogen) atoms. The Bertz CT molecular complexity index is 603. The van der Waals surface area contributed by atoms with Crippen molar-refractivity contribution in [1.29, 1.82) is 0 Å². The Morgan fingerprint density at radius 3 is 2.67 bits per heavy atom. The molecule has 1 fully saturated rings. The second-order valence-corrected chi connectivity index (χ2v) is 7.22. The number of likely N-dealkylation sites (N-methyl/N-ethyl adjacent to an activating group) is 2. The van der Waals surface area contributed by atoms with Gasteiger partial charge in [0.05, 0.1) is 0 Å². The van der Waals surface area contributed by atoms with Crippen molar-refractivity contribution in [2.75, 3.05) is 40.8 Å². The van der Waals surface area contributed by atoms with Gasteiger partial charge in [0.25, 0.3) is 0 Å². The summed E-state index contributed by atoms with van der Waals surface area (Å²) in [5, 5.41) is 0. The van der Waals surface area contributed by atoms with E-state index < -0.39 is 16.1 Å². The van der Waals surface area contributed by atoms with E-state index in [0.717, 1.165) is 0 Å². The summed E-state index contributed by atoms with van der Waals surface area (Å²) in [6.45, 7) is 1.04. The van der Waals surface area contributed by atoms with E-state index >= 15 is 0 Å². The summed E-state index contributed by atoms with van der Waals surface area (Å²) in [5.74, 6) is -0.0939. The fourth-order valence-electron chi connectivity index (χ4n) is 2.28. The molecule has 0 N–H and O–H groups in total. The van der Waals surface area contributed by atoms with Gasteiger partial charge in [0.15, 0.2) is 0 Å². The molecular weight excluding hydrogens is 292 g/mol. The van der Waals surface area contributed by atoms with Gasteiger partial charge in [-0.1, -0.05) is 0 Å². The highest BCUT2D eigenvalue weighted by Gasteiger charge is 2.36. The van der Waals surface area contributed by atoms with Gasteiger partial charge in [0.2, 0.25) is 15.9 Å². The molecule has 0 aliphatic carbocycles. The van der Waals surface area contributed by atoms with Gasteiger partial charge in [-0.3, -0.25) is 14.7 Å². The molecule has 0 saturated carbocycles. The van der Waals surface area contributed by atoms with Crippen LogP contribution in [-0.4, -0.2) is 80.2 Å². The van der Waals surface area contributed by atoms with Gasteiger partial charge in [-0.2, -0.15) is 4.31 Å². The van der Waals surface area contributed by atoms with Gasteiger partial charge in [0.1, 0.15) is 10.9 Å². The maximum atomic E-state index is 12.6. The smallest absolute Gasteiger partial charge is 0.244 e. The summed E-state index contributed by atoms with van der Waals surface area (Å²) in [6, 6.07) is 2.65. The van der Waals surface area contributed by atoms with Crippen LogP contribution in [0.1, 0.15) is 0 Å². The highest BCUT2D eigenvalue weighted by Crippen LogP contribution is 2.19. The van der Waals surface area contributed by atoms with Crippen LogP contribution in [0.25, 0.3) is 0 Å². The number of rotatable bonds is 3. The first-order valence-electron chi connectivity index (χ1n) is 6.65. The van der Waals surface area contributed by atoms with Gasteiger partial charge in [-0.15, -0.1) is 0 Å². The zero-order valence-corrected chi connectivity index (χ0v) is 13.2. The molecule has 2 heterocycles. The summed E-state index contributed by atoms with van der Waals surface area (Å²) in [6.07, 6.45) is 2.86. The molecule has 116 valence electrons. The third-order valence-electron chi connectivity index (χ3n) is 3.61. The molecular formula is C13H20N4O3S. The largest absolute Gasteiger partial charge is 0.347 e. The molecule has 8 heteroatoms. The van der Waals surface area contributed by atoms with Crippen LogP contribution in [0.5, 0.6) is 0 Å². The quantitative estimate of drug-likeness (QED) is 0.750. The van der Waals surface area contributed by atoms with E-state index in [-0.39, 0.29) is 17.3 Å². The average Bonchev–Trinajstić information content (AvgIpc) is 2.47. The van der Waals surface area contributed by atoms with Crippen LogP contribution in [0.15, 0.2) is 29.4 Å². The Balaban J connectivity index is 2.24. The number of carbonyl (C=O) groups excluding carboxylic acids is 1. The molecule has 0 bridgehead atoms. The Kier molecular flexibility index (Phi) is 4.60. The van der Waals surface area contributed by atoms with Crippen LogP contribution in [0, 0.1) is 0 Å². The lowest BCUT2D eigenvalue weighted by molar-refractivity contribution is -0.135. The van der Waals surface area contributed by atoms with Gasteiger partial charge in [0, 0.05) is 46.1 Å². The Labute approximate surface area is 125 Å². The second-order valence-electron chi connectivity index (χ2n) is 5.28. The molecule has 1 aliphatic rings. The van der Waals surface area contributed by atoms with Crippen LogP contribution in [-0.2, 0) is 14.8 Å². The van der Waals surface area contributed by atoms with Crippen molar-refractivity contribution in [3.8, 4) is 0 Å². The van der Waals surface area contributed by atoms with E-state index in [2.05, 4.69) is 4.98 Å². The molecule has 0 unspecified atom stereocenters. The number of piperazine rings is 1. The zero-order valence-electron chi connectivity index (χ0n) is 12.4. The van der Waals surface area contributed by atoms with Crippen molar-refractivity contribution >= 4 is 15.9 Å². The second kappa shape index (κ2) is 6.08. The van der Waals surface area contributed by atoms with Crippen LogP contribution in [0.3, 0.4) is 0 Å². The number of pyridine rings is 1. The summed E-state index contributed by atoms with van der Waals surface area (Å²) < 4.78 is 26.5. The Morgan fingerprint density at radius 2 is 2.10 bits per heavy atom. The average molecular weight is 312 g/mol. The minimum absolute atomic E-state index is 0.0939. The predicted octanol–water partition coefficient (Wildman–Crippen LogP) is -0.525. The van der Waals surface area contributed by atoms with Crippen molar-refractivity contribution in [2.45, 2.75) is 10.9 Å². The van der Waals surface area contributed by atoms with Crippen molar-refractivity contribution in [3.05, 3.63) is 24.5 Å². The van der Waals surface area contributed by atoms with Gasteiger partial charge < -0.3 is 4.90 Å². The summed E-state index contributed by atoms with van der Waals surface area (Å²) >= 11 is 0. The molecule has 7 nitrogen and oxygen atoms in total. The minimum atomic E-state index is -3.60. The first-order valence-corrected chi connectivity index (χ1v) is 8.09. The third kappa shape index (κ3) is 3.22. The van der Waals surface area contributed by atoms with Crippen LogP contribution in [0.4, 0.5) is 0 Å². The summed E-state index contributed by atoms with van der Waals surface area (Å²) in [4.78, 5) is 19.6. The van der Waals surface area contributed by atoms with E-state index in [0.29, 0.717) is 13.1 Å². The molecule has 0 spiro atoms. The van der Waals surface area contributed by atoms with Crippen LogP contribution < -0.4 is 0 Å². The number of hydrogen-bond donors (Lipinski definition) is 0. The number of amides is 1. The van der Waals surface area contributed by atoms with Crippen LogP contribution >= 0.6 is 0 Å². The Hall–Kier alpha value is -1.51. The maximum Gasteiger partial charge on any atom is 0.244 e. The molecule has 1 atom stereocenters. The number of nitrogens with zero attached hydrogens (tertiary/aromatic N) is 4. The summed E-state index contributed by atoms with van der Waals surface area (Å²) in [7, 11) is 1.57. The first-order chi connectivity index (χ1) is 9.84. The van der Waals surface area contributed by atoms with E-state index in [1.54, 1.807) is 20.2 Å². The highest BCUT2D eigenvalue weighted by molar-refractivity contribution is 7.89. The van der Waals surface area contributed by atoms with E-state index in [1.165, 1.54) is 27.7 Å². The lowest BCUT2D eigenvalue weighted by Crippen LogP contribution is -2.58. The maximum absolute atomic E-state index is 12.6. The fourth-order valence-corrected chi connectivity index (χ4v) is 3.68. The van der Waals surface area contributed by atoms with Crippen molar-refractivity contribution in [3.63, 3.8) is 0 Å². The topological polar surface area (TPSA) is 73.8 Å². The fraction of sp³-hybridized carbons (Fsp3) is 0.538. The monoisotopic (exact) mass is 312 g/mol. The molecule has 1 aromatic heterocycles. The van der Waals surface area contributed by atoms with Gasteiger partial charge >= 0.3 is 0 Å². The van der Waals surface area contributed by atoms with Crippen LogP contribution in [0.2, 0.25) is 0 Å². The number of aromatic nitrogens is 1. The zero-order chi connectivity index (χ0) is 15.6. The number of hydrogen-bond acceptors (Lipinski definition) is 5. The predicted molar refractivity (Wildman–Crippen MR) is 78.1 cm³/mol. The molecule has 1 aromatic rings.